The summed E-state index contributed by atoms with van der Waals surface area (Å²) in [4.78, 5) is 30.7. The molecule has 0 radical (unpaired) electrons. The molecule has 2 aromatic carbocycles. The van der Waals surface area contributed by atoms with E-state index in [4.69, 9.17) is 4.74 Å². The number of nitrogens with zero attached hydrogens (tertiary/aromatic N) is 1. The zero-order valence-corrected chi connectivity index (χ0v) is 21.8. The lowest BCUT2D eigenvalue weighted by Gasteiger charge is -2.34. The molecule has 1 N–H and O–H groups in total. The van der Waals surface area contributed by atoms with Crippen LogP contribution in [0.5, 0.6) is 5.75 Å². The molecule has 5 nitrogen and oxygen atoms in total. The van der Waals surface area contributed by atoms with Crippen molar-refractivity contribution in [2.24, 2.45) is 0 Å². The third-order valence-electron chi connectivity index (χ3n) is 6.67. The number of rotatable bonds is 8. The average Bonchev–Trinajstić information content (AvgIpc) is 3.52. The van der Waals surface area contributed by atoms with Gasteiger partial charge in [0.15, 0.2) is 0 Å². The number of benzene rings is 2. The molecule has 0 aliphatic heterocycles. The normalized spacial score (nSPS) is 14.5. The minimum absolute atomic E-state index is 0.100. The van der Waals surface area contributed by atoms with Crippen LogP contribution in [0.2, 0.25) is 0 Å². The molecule has 0 saturated heterocycles. The molecule has 0 spiro atoms. The van der Waals surface area contributed by atoms with E-state index >= 15 is 0 Å². The third-order valence-corrected chi connectivity index (χ3v) is 7.54. The number of anilines is 1. The van der Waals surface area contributed by atoms with Crippen molar-refractivity contribution in [2.45, 2.75) is 65.0 Å². The number of methoxy groups -OCH3 is 1. The lowest BCUT2D eigenvalue weighted by molar-refractivity contribution is -0.127. The second-order valence-corrected chi connectivity index (χ2v) is 10.5. The average molecular weight is 491 g/mol. The van der Waals surface area contributed by atoms with E-state index in [9.17, 15) is 9.59 Å². The van der Waals surface area contributed by atoms with E-state index in [-0.39, 0.29) is 24.3 Å². The standard InChI is InChI=1S/C29H34N2O3S/c1-19-15-20(2)27(21(3)16-19)31(26(32)18-25-13-8-14-35-25)28(22-9-7-12-24(17-22)34-4)29(33)30-23-10-5-6-11-23/h7-9,12-17,23,28H,5-6,10-11,18H2,1-4H3,(H,30,33)/t28-/m1/s1. The predicted molar refractivity (Wildman–Crippen MR) is 142 cm³/mol. The van der Waals surface area contributed by atoms with Crippen molar-refractivity contribution in [1.82, 2.24) is 5.32 Å². The summed E-state index contributed by atoms with van der Waals surface area (Å²) in [7, 11) is 1.61. The van der Waals surface area contributed by atoms with Crippen LogP contribution in [0.1, 0.15) is 58.9 Å². The Bertz CT molecular complexity index is 1160. The number of carbonyl (C=O) groups is 2. The highest BCUT2D eigenvalue weighted by atomic mass is 32.1. The molecule has 35 heavy (non-hydrogen) atoms. The fourth-order valence-electron chi connectivity index (χ4n) is 5.18. The Kier molecular flexibility index (Phi) is 7.91. The molecule has 1 atom stereocenters. The molecular formula is C29H34N2O3S. The maximum absolute atomic E-state index is 14.0. The highest BCUT2D eigenvalue weighted by Crippen LogP contribution is 2.36. The van der Waals surface area contributed by atoms with Gasteiger partial charge in [-0.05, 0) is 73.9 Å². The molecule has 0 unspecified atom stereocenters. The van der Waals surface area contributed by atoms with Crippen LogP contribution in [0.4, 0.5) is 5.69 Å². The Morgan fingerprint density at radius 3 is 2.40 bits per heavy atom. The van der Waals surface area contributed by atoms with Crippen molar-refractivity contribution < 1.29 is 14.3 Å². The number of amides is 2. The quantitative estimate of drug-likeness (QED) is 0.418. The first kappa shape index (κ1) is 25.0. The van der Waals surface area contributed by atoms with Crippen molar-refractivity contribution in [2.75, 3.05) is 12.0 Å². The third kappa shape index (κ3) is 5.76. The van der Waals surface area contributed by atoms with Crippen LogP contribution in [0.15, 0.2) is 53.9 Å². The molecule has 1 saturated carbocycles. The summed E-state index contributed by atoms with van der Waals surface area (Å²) in [6.07, 6.45) is 4.42. The monoisotopic (exact) mass is 490 g/mol. The maximum atomic E-state index is 14.0. The van der Waals surface area contributed by atoms with Gasteiger partial charge in [0, 0.05) is 10.9 Å². The highest BCUT2D eigenvalue weighted by Gasteiger charge is 2.36. The van der Waals surface area contributed by atoms with Gasteiger partial charge in [0.05, 0.1) is 19.2 Å². The smallest absolute Gasteiger partial charge is 0.248 e. The van der Waals surface area contributed by atoms with Crippen LogP contribution in [0.25, 0.3) is 0 Å². The second kappa shape index (κ2) is 11.1. The summed E-state index contributed by atoms with van der Waals surface area (Å²) < 4.78 is 5.48. The topological polar surface area (TPSA) is 58.6 Å². The van der Waals surface area contributed by atoms with Crippen molar-refractivity contribution in [3.05, 3.63) is 81.0 Å². The Hall–Kier alpha value is -3.12. The zero-order chi connectivity index (χ0) is 24.9. The first-order valence-electron chi connectivity index (χ1n) is 12.2. The number of hydrogen-bond acceptors (Lipinski definition) is 4. The number of ether oxygens (including phenoxy) is 1. The van der Waals surface area contributed by atoms with Gasteiger partial charge < -0.3 is 10.1 Å². The van der Waals surface area contributed by atoms with Gasteiger partial charge in [-0.25, -0.2) is 0 Å². The first-order valence-corrected chi connectivity index (χ1v) is 13.1. The molecular weight excluding hydrogens is 456 g/mol. The molecule has 1 heterocycles. The van der Waals surface area contributed by atoms with Gasteiger partial charge in [-0.1, -0.05) is 48.7 Å². The Labute approximate surface area is 212 Å². The minimum atomic E-state index is -0.807. The van der Waals surface area contributed by atoms with Gasteiger partial charge in [-0.3, -0.25) is 14.5 Å². The van der Waals surface area contributed by atoms with Crippen molar-refractivity contribution in [1.29, 1.82) is 0 Å². The van der Waals surface area contributed by atoms with Gasteiger partial charge in [0.25, 0.3) is 0 Å². The molecule has 0 bridgehead atoms. The van der Waals surface area contributed by atoms with E-state index in [1.54, 1.807) is 23.3 Å². The minimum Gasteiger partial charge on any atom is -0.497 e. The van der Waals surface area contributed by atoms with Crippen LogP contribution in [-0.2, 0) is 16.0 Å². The molecule has 1 fully saturated rings. The van der Waals surface area contributed by atoms with E-state index in [2.05, 4.69) is 17.4 Å². The van der Waals surface area contributed by atoms with Gasteiger partial charge >= 0.3 is 0 Å². The predicted octanol–water partition coefficient (Wildman–Crippen LogP) is 6.06. The molecule has 184 valence electrons. The first-order chi connectivity index (χ1) is 16.9. The largest absolute Gasteiger partial charge is 0.497 e. The number of nitrogens with one attached hydrogen (secondary N) is 1. The van der Waals surface area contributed by atoms with Crippen molar-refractivity contribution >= 4 is 28.8 Å². The van der Waals surface area contributed by atoms with Gasteiger partial charge in [0.1, 0.15) is 11.8 Å². The molecule has 1 aliphatic rings. The van der Waals surface area contributed by atoms with E-state index in [1.165, 1.54) is 0 Å². The summed E-state index contributed by atoms with van der Waals surface area (Å²) in [5, 5.41) is 5.23. The van der Waals surface area contributed by atoms with Crippen LogP contribution >= 0.6 is 11.3 Å². The SMILES string of the molecule is COc1cccc([C@H](C(=O)NC2CCCC2)N(C(=O)Cc2cccs2)c2c(C)cc(C)cc2C)c1. The zero-order valence-electron chi connectivity index (χ0n) is 21.0. The summed E-state index contributed by atoms with van der Waals surface area (Å²) in [6.45, 7) is 6.07. The van der Waals surface area contributed by atoms with Crippen LogP contribution in [-0.4, -0.2) is 25.0 Å². The molecule has 6 heteroatoms. The Balaban J connectivity index is 1.85. The Morgan fingerprint density at radius 1 is 1.06 bits per heavy atom. The summed E-state index contributed by atoms with van der Waals surface area (Å²) in [5.74, 6) is 0.408. The highest BCUT2D eigenvalue weighted by molar-refractivity contribution is 7.10. The van der Waals surface area contributed by atoms with E-state index in [0.29, 0.717) is 5.75 Å². The summed E-state index contributed by atoms with van der Waals surface area (Å²) in [6, 6.07) is 14.9. The van der Waals surface area contributed by atoms with Crippen LogP contribution in [0, 0.1) is 20.8 Å². The summed E-state index contributed by atoms with van der Waals surface area (Å²) in [5.41, 5.74) is 4.61. The number of hydrogen-bond donors (Lipinski definition) is 1. The molecule has 3 aromatic rings. The number of aryl methyl sites for hydroxylation is 3. The van der Waals surface area contributed by atoms with Crippen LogP contribution < -0.4 is 15.0 Å². The molecule has 1 aliphatic carbocycles. The lowest BCUT2D eigenvalue weighted by Crippen LogP contribution is -2.47. The lowest BCUT2D eigenvalue weighted by atomic mass is 9.97. The van der Waals surface area contributed by atoms with Crippen LogP contribution in [0.3, 0.4) is 0 Å². The number of thiophene rings is 1. The van der Waals surface area contributed by atoms with Crippen molar-refractivity contribution in [3.63, 3.8) is 0 Å². The van der Waals surface area contributed by atoms with Gasteiger partial charge in [-0.15, -0.1) is 11.3 Å². The maximum Gasteiger partial charge on any atom is 0.248 e. The molecule has 1 aromatic heterocycles. The molecule has 4 rings (SSSR count). The van der Waals surface area contributed by atoms with E-state index in [1.807, 2.05) is 62.5 Å². The van der Waals surface area contributed by atoms with Gasteiger partial charge in [0.2, 0.25) is 11.8 Å². The number of carbonyl (C=O) groups excluding carboxylic acids is 2. The molecule has 2 amide bonds. The van der Waals surface area contributed by atoms with Gasteiger partial charge in [-0.2, -0.15) is 0 Å². The Morgan fingerprint density at radius 2 is 1.77 bits per heavy atom. The fraction of sp³-hybridized carbons (Fsp3) is 0.379. The van der Waals surface area contributed by atoms with E-state index < -0.39 is 6.04 Å². The fourth-order valence-corrected chi connectivity index (χ4v) is 5.87. The van der Waals surface area contributed by atoms with Crippen molar-refractivity contribution in [3.8, 4) is 5.75 Å². The summed E-state index contributed by atoms with van der Waals surface area (Å²) >= 11 is 1.55. The second-order valence-electron chi connectivity index (χ2n) is 9.44. The van der Waals surface area contributed by atoms with E-state index in [0.717, 1.165) is 58.5 Å².